The van der Waals surface area contributed by atoms with Crippen LogP contribution in [0.15, 0.2) is 18.5 Å². The SMILES string of the molecule is Cc1nc(-c2cncc(F)c2)sc1N(C)C(=O)C(C)C=S(C)(=O)NC#N. The lowest BCUT2D eigenvalue weighted by Gasteiger charge is -2.19. The molecule has 2 heterocycles. The molecular weight excluding hydrogens is 377 g/mol. The van der Waals surface area contributed by atoms with Crippen molar-refractivity contribution in [3.63, 3.8) is 0 Å². The highest BCUT2D eigenvalue weighted by atomic mass is 32.2. The van der Waals surface area contributed by atoms with Crippen LogP contribution in [0.5, 0.6) is 0 Å². The standard InChI is InChI=1S/C16H18FN5O2S2/c1-10(8-26(4,24)20-9-18)15(23)22(3)16-11(2)21-14(25-16)12-5-13(17)7-19-6-12/h5-8,10H,1-4H3,(H,20,24). The zero-order chi connectivity index (χ0) is 19.5. The highest BCUT2D eigenvalue weighted by molar-refractivity contribution is 7.99. The van der Waals surface area contributed by atoms with Crippen LogP contribution in [-0.2, 0) is 14.5 Å². The van der Waals surface area contributed by atoms with Crippen molar-refractivity contribution in [3.8, 4) is 16.8 Å². The number of anilines is 1. The van der Waals surface area contributed by atoms with E-state index in [2.05, 4.69) is 14.7 Å². The number of pyridine rings is 1. The van der Waals surface area contributed by atoms with E-state index in [1.165, 1.54) is 40.1 Å². The topological polar surface area (TPSA) is 99.0 Å². The van der Waals surface area contributed by atoms with Crippen LogP contribution in [0.4, 0.5) is 9.39 Å². The van der Waals surface area contributed by atoms with Gasteiger partial charge in [0.1, 0.15) is 15.8 Å². The minimum Gasteiger partial charge on any atom is -0.305 e. The van der Waals surface area contributed by atoms with Gasteiger partial charge in [-0.1, -0.05) is 11.3 Å². The molecule has 10 heteroatoms. The van der Waals surface area contributed by atoms with Gasteiger partial charge in [-0.3, -0.25) is 9.78 Å². The summed E-state index contributed by atoms with van der Waals surface area (Å²) in [7, 11) is -1.15. The normalized spacial score (nSPS) is 14.0. The maximum absolute atomic E-state index is 13.4. The molecule has 26 heavy (non-hydrogen) atoms. The molecule has 138 valence electrons. The molecule has 0 spiro atoms. The van der Waals surface area contributed by atoms with Gasteiger partial charge in [-0.2, -0.15) is 5.26 Å². The Kier molecular flexibility index (Phi) is 5.94. The van der Waals surface area contributed by atoms with Gasteiger partial charge in [-0.15, -0.1) is 0 Å². The summed E-state index contributed by atoms with van der Waals surface area (Å²) in [4.78, 5) is 22.3. The Labute approximate surface area is 155 Å². The lowest BCUT2D eigenvalue weighted by Crippen LogP contribution is -2.34. The fraction of sp³-hybridized carbons (Fsp3) is 0.312. The number of carbonyl (C=O) groups is 1. The summed E-state index contributed by atoms with van der Waals surface area (Å²) in [5.74, 6) is -1.44. The average molecular weight is 395 g/mol. The molecule has 7 nitrogen and oxygen atoms in total. The van der Waals surface area contributed by atoms with Gasteiger partial charge in [0, 0.05) is 25.1 Å². The molecule has 1 N–H and O–H groups in total. The third-order valence-electron chi connectivity index (χ3n) is 3.46. The number of rotatable bonds is 5. The summed E-state index contributed by atoms with van der Waals surface area (Å²) in [6.45, 7) is 3.36. The van der Waals surface area contributed by atoms with Crippen molar-refractivity contribution >= 4 is 37.3 Å². The van der Waals surface area contributed by atoms with Crippen molar-refractivity contribution in [1.82, 2.24) is 14.7 Å². The summed E-state index contributed by atoms with van der Waals surface area (Å²) in [6.07, 6.45) is 5.59. The average Bonchev–Trinajstić information content (AvgIpc) is 2.94. The molecular formula is C16H18FN5O2S2. The van der Waals surface area contributed by atoms with Crippen LogP contribution in [0.25, 0.3) is 10.6 Å². The number of halogens is 1. The summed E-state index contributed by atoms with van der Waals surface area (Å²) < 4.78 is 27.7. The molecule has 2 rings (SSSR count). The minimum absolute atomic E-state index is 0.296. The number of carbonyl (C=O) groups excluding carboxylic acids is 1. The molecule has 2 aromatic heterocycles. The zero-order valence-electron chi connectivity index (χ0n) is 14.7. The van der Waals surface area contributed by atoms with Gasteiger partial charge in [0.25, 0.3) is 0 Å². The van der Waals surface area contributed by atoms with Crippen LogP contribution in [-0.4, -0.2) is 38.8 Å². The van der Waals surface area contributed by atoms with Gasteiger partial charge in [-0.25, -0.2) is 18.3 Å². The van der Waals surface area contributed by atoms with E-state index >= 15 is 0 Å². The molecule has 0 saturated carbocycles. The van der Waals surface area contributed by atoms with Gasteiger partial charge in [-0.05, 0) is 25.3 Å². The van der Waals surface area contributed by atoms with Crippen LogP contribution in [0, 0.1) is 30.1 Å². The highest BCUT2D eigenvalue weighted by Crippen LogP contribution is 2.34. The monoisotopic (exact) mass is 395 g/mol. The van der Waals surface area contributed by atoms with Gasteiger partial charge in [0.2, 0.25) is 5.91 Å². The molecule has 1 amide bonds. The molecule has 2 unspecified atom stereocenters. The maximum Gasteiger partial charge on any atom is 0.234 e. The van der Waals surface area contributed by atoms with Crippen LogP contribution in [0.1, 0.15) is 12.6 Å². The smallest absolute Gasteiger partial charge is 0.234 e. The van der Waals surface area contributed by atoms with Gasteiger partial charge in [0.15, 0.2) is 6.19 Å². The van der Waals surface area contributed by atoms with E-state index in [-0.39, 0.29) is 5.91 Å². The Morgan fingerprint density at radius 1 is 1.54 bits per heavy atom. The molecule has 0 aliphatic rings. The Bertz CT molecular complexity index is 989. The number of amides is 1. The largest absolute Gasteiger partial charge is 0.305 e. The van der Waals surface area contributed by atoms with Gasteiger partial charge >= 0.3 is 0 Å². The lowest BCUT2D eigenvalue weighted by atomic mass is 10.2. The Morgan fingerprint density at radius 2 is 2.23 bits per heavy atom. The predicted molar refractivity (Wildman–Crippen MR) is 101 cm³/mol. The lowest BCUT2D eigenvalue weighted by molar-refractivity contribution is -0.119. The second-order valence-electron chi connectivity index (χ2n) is 5.74. The first-order valence-corrected chi connectivity index (χ1v) is 10.3. The summed E-state index contributed by atoms with van der Waals surface area (Å²) in [5, 5.41) is 11.1. The second kappa shape index (κ2) is 7.80. The number of aryl methyl sites for hydroxylation is 1. The van der Waals surface area contributed by atoms with Crippen molar-refractivity contribution in [1.29, 1.82) is 5.26 Å². The fourth-order valence-corrected chi connectivity index (χ4v) is 4.49. The van der Waals surface area contributed by atoms with Crippen LogP contribution >= 0.6 is 11.3 Å². The number of thiazole rings is 1. The second-order valence-corrected chi connectivity index (χ2v) is 9.00. The first-order chi connectivity index (χ1) is 12.1. The number of hydrogen-bond donors (Lipinski definition) is 1. The third kappa shape index (κ3) is 4.56. The Balaban J connectivity index is 2.30. The molecule has 0 aromatic carbocycles. The summed E-state index contributed by atoms with van der Waals surface area (Å²) in [6, 6.07) is 1.33. The van der Waals surface area contributed by atoms with Crippen LogP contribution in [0.3, 0.4) is 0 Å². The van der Waals surface area contributed by atoms with E-state index in [0.717, 1.165) is 6.20 Å². The van der Waals surface area contributed by atoms with E-state index in [1.807, 2.05) is 0 Å². The number of nitriles is 1. The van der Waals surface area contributed by atoms with E-state index in [4.69, 9.17) is 5.26 Å². The van der Waals surface area contributed by atoms with Gasteiger partial charge < -0.3 is 4.90 Å². The van der Waals surface area contributed by atoms with Crippen LogP contribution in [0.2, 0.25) is 0 Å². The van der Waals surface area contributed by atoms with E-state index < -0.39 is 21.4 Å². The molecule has 0 bridgehead atoms. The van der Waals surface area contributed by atoms with E-state index in [1.54, 1.807) is 27.1 Å². The fourth-order valence-electron chi connectivity index (χ4n) is 2.33. The summed E-state index contributed by atoms with van der Waals surface area (Å²) >= 11 is 1.24. The molecule has 0 aliphatic heterocycles. The Morgan fingerprint density at radius 3 is 2.85 bits per heavy atom. The minimum atomic E-state index is -2.74. The van der Waals surface area contributed by atoms with Crippen molar-refractivity contribution in [2.45, 2.75) is 13.8 Å². The molecule has 0 aliphatic carbocycles. The molecule has 2 atom stereocenters. The third-order valence-corrected chi connectivity index (χ3v) is 6.17. The van der Waals surface area contributed by atoms with Crippen molar-refractivity contribution in [2.24, 2.45) is 5.92 Å². The zero-order valence-corrected chi connectivity index (χ0v) is 16.3. The van der Waals surface area contributed by atoms with Crippen molar-refractivity contribution in [2.75, 3.05) is 18.2 Å². The number of hydrogen-bond acceptors (Lipinski definition) is 6. The highest BCUT2D eigenvalue weighted by Gasteiger charge is 2.23. The van der Waals surface area contributed by atoms with E-state index in [0.29, 0.717) is 21.3 Å². The molecule has 0 saturated heterocycles. The van der Waals surface area contributed by atoms with Crippen molar-refractivity contribution in [3.05, 3.63) is 30.0 Å². The summed E-state index contributed by atoms with van der Waals surface area (Å²) in [5.41, 5.74) is 1.14. The van der Waals surface area contributed by atoms with Crippen LogP contribution < -0.4 is 9.62 Å². The number of aromatic nitrogens is 2. The van der Waals surface area contributed by atoms with Crippen molar-refractivity contribution < 1.29 is 13.4 Å². The first kappa shape index (κ1) is 19.8. The molecule has 2 aromatic rings. The number of nitrogens with zero attached hydrogens (tertiary/aromatic N) is 4. The molecule has 0 fully saturated rings. The Hall–Kier alpha value is -2.51. The quantitative estimate of drug-likeness (QED) is 0.474. The molecule has 0 radical (unpaired) electrons. The van der Waals surface area contributed by atoms with E-state index in [9.17, 15) is 13.4 Å². The predicted octanol–water partition coefficient (Wildman–Crippen LogP) is 1.95. The first-order valence-electron chi connectivity index (χ1n) is 7.50. The van der Waals surface area contributed by atoms with Gasteiger partial charge in [0.05, 0.1) is 27.5 Å². The maximum atomic E-state index is 13.4. The number of nitrogens with one attached hydrogen (secondary N) is 1.